The molecule has 0 bridgehead atoms. The summed E-state index contributed by atoms with van der Waals surface area (Å²) in [5.74, 6) is 2.95. The van der Waals surface area contributed by atoms with E-state index in [-0.39, 0.29) is 11.9 Å². The second-order valence-electron chi connectivity index (χ2n) is 6.17. The predicted molar refractivity (Wildman–Crippen MR) is 116 cm³/mol. The summed E-state index contributed by atoms with van der Waals surface area (Å²) in [5.41, 5.74) is 0.960. The van der Waals surface area contributed by atoms with Gasteiger partial charge >= 0.3 is 0 Å². The molecule has 2 aromatic rings. The van der Waals surface area contributed by atoms with Crippen LogP contribution in [-0.2, 0) is 4.79 Å². The standard InChI is InChI=1S/C22H29NO5S/c1-6-27-19-10-8-16(12-21(19)28-7-2)15(3)23-22(24)14-29-17-9-11-18(25-4)20(13-17)26-5/h8-13,15H,6-7,14H2,1-5H3,(H,23,24). The first kappa shape index (κ1) is 22.7. The van der Waals surface area contributed by atoms with E-state index in [2.05, 4.69) is 5.32 Å². The molecule has 0 radical (unpaired) electrons. The first-order valence-corrected chi connectivity index (χ1v) is 10.5. The van der Waals surface area contributed by atoms with Crippen molar-refractivity contribution in [3.05, 3.63) is 42.0 Å². The van der Waals surface area contributed by atoms with Crippen LogP contribution in [0.15, 0.2) is 41.3 Å². The molecule has 0 saturated carbocycles. The third-order valence-corrected chi connectivity index (χ3v) is 5.16. The first-order chi connectivity index (χ1) is 14.0. The van der Waals surface area contributed by atoms with Crippen LogP contribution < -0.4 is 24.3 Å². The Morgan fingerprint density at radius 1 is 0.931 bits per heavy atom. The summed E-state index contributed by atoms with van der Waals surface area (Å²) in [6, 6.07) is 11.2. The molecule has 0 heterocycles. The van der Waals surface area contributed by atoms with Gasteiger partial charge in [-0.25, -0.2) is 0 Å². The summed E-state index contributed by atoms with van der Waals surface area (Å²) in [7, 11) is 3.19. The molecule has 1 atom stereocenters. The number of carbonyl (C=O) groups is 1. The lowest BCUT2D eigenvalue weighted by molar-refractivity contribution is -0.119. The molecule has 2 aromatic carbocycles. The predicted octanol–water partition coefficient (Wildman–Crippen LogP) is 4.47. The number of rotatable bonds is 11. The molecule has 1 N–H and O–H groups in total. The quantitative estimate of drug-likeness (QED) is 0.542. The van der Waals surface area contributed by atoms with Gasteiger partial charge in [0.15, 0.2) is 23.0 Å². The molecular weight excluding hydrogens is 390 g/mol. The second-order valence-corrected chi connectivity index (χ2v) is 7.22. The number of hydrogen-bond acceptors (Lipinski definition) is 6. The minimum absolute atomic E-state index is 0.0517. The molecule has 0 saturated heterocycles. The molecule has 1 amide bonds. The lowest BCUT2D eigenvalue weighted by atomic mass is 10.1. The molecular formula is C22H29NO5S. The van der Waals surface area contributed by atoms with E-state index in [1.165, 1.54) is 11.8 Å². The van der Waals surface area contributed by atoms with E-state index in [9.17, 15) is 4.79 Å². The highest BCUT2D eigenvalue weighted by molar-refractivity contribution is 8.00. The number of amides is 1. The molecule has 2 rings (SSSR count). The molecule has 0 aliphatic carbocycles. The van der Waals surface area contributed by atoms with Crippen LogP contribution >= 0.6 is 11.8 Å². The maximum atomic E-state index is 12.4. The van der Waals surface area contributed by atoms with Crippen LogP contribution in [-0.4, -0.2) is 39.1 Å². The van der Waals surface area contributed by atoms with E-state index < -0.39 is 0 Å². The highest BCUT2D eigenvalue weighted by Gasteiger charge is 2.14. The van der Waals surface area contributed by atoms with Crippen LogP contribution in [0.3, 0.4) is 0 Å². The van der Waals surface area contributed by atoms with Gasteiger partial charge in [-0.2, -0.15) is 0 Å². The summed E-state index contributed by atoms with van der Waals surface area (Å²) in [5, 5.41) is 3.03. The van der Waals surface area contributed by atoms with Crippen molar-refractivity contribution >= 4 is 17.7 Å². The Bertz CT molecular complexity index is 812. The molecule has 6 nitrogen and oxygen atoms in total. The number of hydrogen-bond donors (Lipinski definition) is 1. The first-order valence-electron chi connectivity index (χ1n) is 9.56. The highest BCUT2D eigenvalue weighted by Crippen LogP contribution is 2.32. The Labute approximate surface area is 176 Å². The van der Waals surface area contributed by atoms with Gasteiger partial charge in [0, 0.05) is 4.90 Å². The number of methoxy groups -OCH3 is 2. The molecule has 1 unspecified atom stereocenters. The summed E-state index contributed by atoms with van der Waals surface area (Å²) in [6.45, 7) is 6.93. The van der Waals surface area contributed by atoms with Gasteiger partial charge in [-0.15, -0.1) is 11.8 Å². The lowest BCUT2D eigenvalue weighted by Crippen LogP contribution is -2.28. The molecule has 7 heteroatoms. The van der Waals surface area contributed by atoms with Crippen LogP contribution in [0.1, 0.15) is 32.4 Å². The van der Waals surface area contributed by atoms with Gasteiger partial charge in [-0.05, 0) is 56.7 Å². The van der Waals surface area contributed by atoms with Crippen molar-refractivity contribution in [3.63, 3.8) is 0 Å². The van der Waals surface area contributed by atoms with Crippen LogP contribution in [0.2, 0.25) is 0 Å². The molecule has 29 heavy (non-hydrogen) atoms. The van der Waals surface area contributed by atoms with E-state index in [1.807, 2.05) is 57.2 Å². The van der Waals surface area contributed by atoms with Crippen LogP contribution in [0.4, 0.5) is 0 Å². The van der Waals surface area contributed by atoms with Crippen molar-refractivity contribution in [1.82, 2.24) is 5.32 Å². The van der Waals surface area contributed by atoms with Crippen molar-refractivity contribution in [3.8, 4) is 23.0 Å². The Morgan fingerprint density at radius 2 is 1.59 bits per heavy atom. The number of ether oxygens (including phenoxy) is 4. The zero-order chi connectivity index (χ0) is 21.2. The molecule has 158 valence electrons. The van der Waals surface area contributed by atoms with Crippen molar-refractivity contribution in [2.45, 2.75) is 31.7 Å². The average Bonchev–Trinajstić information content (AvgIpc) is 2.73. The van der Waals surface area contributed by atoms with Gasteiger partial charge in [0.1, 0.15) is 0 Å². The monoisotopic (exact) mass is 419 g/mol. The van der Waals surface area contributed by atoms with Gasteiger partial charge in [0.05, 0.1) is 39.2 Å². The number of thioether (sulfide) groups is 1. The third-order valence-electron chi connectivity index (χ3n) is 4.17. The van der Waals surface area contributed by atoms with Crippen molar-refractivity contribution in [2.24, 2.45) is 0 Å². The normalized spacial score (nSPS) is 11.5. The van der Waals surface area contributed by atoms with Gasteiger partial charge in [-0.3, -0.25) is 4.79 Å². The largest absolute Gasteiger partial charge is 0.493 e. The van der Waals surface area contributed by atoms with Crippen molar-refractivity contribution in [1.29, 1.82) is 0 Å². The Hall–Kier alpha value is -2.54. The van der Waals surface area contributed by atoms with Crippen LogP contribution in [0.25, 0.3) is 0 Å². The fraction of sp³-hybridized carbons (Fsp3) is 0.409. The van der Waals surface area contributed by atoms with E-state index in [0.717, 1.165) is 10.5 Å². The summed E-state index contributed by atoms with van der Waals surface area (Å²) in [4.78, 5) is 13.3. The number of carbonyl (C=O) groups excluding carboxylic acids is 1. The topological polar surface area (TPSA) is 66.0 Å². The number of nitrogens with one attached hydrogen (secondary N) is 1. The third kappa shape index (κ3) is 6.49. The van der Waals surface area contributed by atoms with Gasteiger partial charge < -0.3 is 24.3 Å². The van der Waals surface area contributed by atoms with Gasteiger partial charge in [0.2, 0.25) is 5.91 Å². The number of benzene rings is 2. The Kier molecular flexibility index (Phi) is 8.99. The van der Waals surface area contributed by atoms with E-state index in [1.54, 1.807) is 14.2 Å². The Morgan fingerprint density at radius 3 is 2.24 bits per heavy atom. The second kappa shape index (κ2) is 11.5. The zero-order valence-corrected chi connectivity index (χ0v) is 18.4. The minimum Gasteiger partial charge on any atom is -0.493 e. The molecule has 0 fully saturated rings. The summed E-state index contributed by atoms with van der Waals surface area (Å²) in [6.07, 6.45) is 0. The molecule has 0 aliphatic rings. The average molecular weight is 420 g/mol. The van der Waals surface area contributed by atoms with Crippen LogP contribution in [0, 0.1) is 0 Å². The molecule has 0 aliphatic heterocycles. The van der Waals surface area contributed by atoms with E-state index in [0.29, 0.717) is 42.0 Å². The van der Waals surface area contributed by atoms with Crippen molar-refractivity contribution < 1.29 is 23.7 Å². The van der Waals surface area contributed by atoms with Gasteiger partial charge in [-0.1, -0.05) is 6.07 Å². The lowest BCUT2D eigenvalue weighted by Gasteiger charge is -2.17. The fourth-order valence-corrected chi connectivity index (χ4v) is 3.49. The van der Waals surface area contributed by atoms with Gasteiger partial charge in [0.25, 0.3) is 0 Å². The van der Waals surface area contributed by atoms with Crippen molar-refractivity contribution in [2.75, 3.05) is 33.2 Å². The van der Waals surface area contributed by atoms with Crippen LogP contribution in [0.5, 0.6) is 23.0 Å². The molecule has 0 aromatic heterocycles. The smallest absolute Gasteiger partial charge is 0.230 e. The maximum absolute atomic E-state index is 12.4. The summed E-state index contributed by atoms with van der Waals surface area (Å²) >= 11 is 1.44. The van der Waals surface area contributed by atoms with E-state index >= 15 is 0 Å². The summed E-state index contributed by atoms with van der Waals surface area (Å²) < 4.78 is 21.8. The SMILES string of the molecule is CCOc1ccc(C(C)NC(=O)CSc2ccc(OC)c(OC)c2)cc1OCC. The maximum Gasteiger partial charge on any atom is 0.230 e. The zero-order valence-electron chi connectivity index (χ0n) is 17.6. The molecule has 0 spiro atoms. The highest BCUT2D eigenvalue weighted by atomic mass is 32.2. The Balaban J connectivity index is 1.97. The fourth-order valence-electron chi connectivity index (χ4n) is 2.76. The van der Waals surface area contributed by atoms with E-state index in [4.69, 9.17) is 18.9 Å². The minimum atomic E-state index is -0.150.